The van der Waals surface area contributed by atoms with Crippen molar-refractivity contribution in [3.05, 3.63) is 18.3 Å². The fourth-order valence-electron chi connectivity index (χ4n) is 1.34. The number of carboxylic acid groups (broad SMARTS) is 1. The van der Waals surface area contributed by atoms with E-state index in [2.05, 4.69) is 10.3 Å². The van der Waals surface area contributed by atoms with E-state index in [0.29, 0.717) is 18.0 Å². The lowest BCUT2D eigenvalue weighted by molar-refractivity contribution is -0.137. The number of nitrogens with one attached hydrogen (secondary N) is 1. The van der Waals surface area contributed by atoms with Crippen LogP contribution in [-0.4, -0.2) is 28.2 Å². The molecule has 0 bridgehead atoms. The van der Waals surface area contributed by atoms with Gasteiger partial charge in [-0.3, -0.25) is 0 Å². The van der Waals surface area contributed by atoms with Crippen LogP contribution in [0.3, 0.4) is 0 Å². The Labute approximate surface area is 101 Å². The lowest BCUT2D eigenvalue weighted by Gasteiger charge is -2.17. The summed E-state index contributed by atoms with van der Waals surface area (Å²) in [5.74, 6) is -0.450. The summed E-state index contributed by atoms with van der Waals surface area (Å²) in [5, 5.41) is 11.9. The molecule has 0 radical (unpaired) electrons. The van der Waals surface area contributed by atoms with Gasteiger partial charge in [0, 0.05) is 6.20 Å². The molecule has 0 saturated heterocycles. The van der Waals surface area contributed by atoms with E-state index >= 15 is 0 Å². The van der Waals surface area contributed by atoms with E-state index in [4.69, 9.17) is 9.84 Å². The molecule has 5 nitrogen and oxygen atoms in total. The second-order valence-corrected chi connectivity index (χ2v) is 3.97. The van der Waals surface area contributed by atoms with Gasteiger partial charge in [-0.1, -0.05) is 6.92 Å². The Morgan fingerprint density at radius 2 is 2.29 bits per heavy atom. The molecule has 2 N–H and O–H groups in total. The largest absolute Gasteiger partial charge is 0.480 e. The van der Waals surface area contributed by atoms with Gasteiger partial charge in [-0.2, -0.15) is 0 Å². The number of aliphatic carboxylic acids is 1. The highest BCUT2D eigenvalue weighted by Crippen LogP contribution is 2.23. The Balaban J connectivity index is 2.85. The van der Waals surface area contributed by atoms with Crippen LogP contribution in [0.15, 0.2) is 18.3 Å². The summed E-state index contributed by atoms with van der Waals surface area (Å²) in [6, 6.07) is 2.87. The summed E-state index contributed by atoms with van der Waals surface area (Å²) in [6.07, 6.45) is 2.10. The number of carboxylic acids is 1. The molecule has 0 aromatic carbocycles. The quantitative estimate of drug-likeness (QED) is 0.794. The Kier molecular flexibility index (Phi) is 4.75. The minimum absolute atomic E-state index is 0.00430. The van der Waals surface area contributed by atoms with Gasteiger partial charge >= 0.3 is 5.97 Å². The number of rotatable bonds is 6. The minimum Gasteiger partial charge on any atom is -0.480 e. The van der Waals surface area contributed by atoms with Crippen LogP contribution in [0, 0.1) is 0 Å². The molecule has 0 saturated carbocycles. The van der Waals surface area contributed by atoms with Crippen molar-refractivity contribution in [3.8, 4) is 5.88 Å². The van der Waals surface area contributed by atoms with Gasteiger partial charge in [-0.15, -0.1) is 0 Å². The number of aromatic nitrogens is 1. The Morgan fingerprint density at radius 3 is 2.82 bits per heavy atom. The van der Waals surface area contributed by atoms with Crippen molar-refractivity contribution in [3.63, 3.8) is 0 Å². The van der Waals surface area contributed by atoms with E-state index in [1.165, 1.54) is 0 Å². The molecule has 0 spiro atoms. The Hall–Kier alpha value is -1.78. The molecule has 1 rings (SSSR count). The summed E-state index contributed by atoms with van der Waals surface area (Å²) in [7, 11) is 0. The van der Waals surface area contributed by atoms with Crippen molar-refractivity contribution >= 4 is 11.7 Å². The summed E-state index contributed by atoms with van der Waals surface area (Å²) in [6.45, 7) is 5.60. The Bertz CT molecular complexity index is 380. The number of carbonyl (C=O) groups is 1. The molecule has 17 heavy (non-hydrogen) atoms. The van der Waals surface area contributed by atoms with Crippen LogP contribution in [0.4, 0.5) is 5.69 Å². The SMILES string of the molecule is CCC(Nc1cccnc1OC(C)C)C(=O)O. The lowest BCUT2D eigenvalue weighted by atomic mass is 10.2. The van der Waals surface area contributed by atoms with Gasteiger partial charge in [0.1, 0.15) is 6.04 Å². The van der Waals surface area contributed by atoms with Crippen LogP contribution in [0.1, 0.15) is 27.2 Å². The van der Waals surface area contributed by atoms with Crippen LogP contribution in [-0.2, 0) is 4.79 Å². The van der Waals surface area contributed by atoms with Gasteiger partial charge in [-0.05, 0) is 32.4 Å². The van der Waals surface area contributed by atoms with Crippen LogP contribution < -0.4 is 10.1 Å². The molecule has 1 aromatic rings. The predicted octanol–water partition coefficient (Wildman–Crippen LogP) is 2.14. The highest BCUT2D eigenvalue weighted by Gasteiger charge is 2.17. The van der Waals surface area contributed by atoms with Gasteiger partial charge in [0.2, 0.25) is 5.88 Å². The average molecular weight is 238 g/mol. The zero-order chi connectivity index (χ0) is 12.8. The van der Waals surface area contributed by atoms with E-state index in [9.17, 15) is 4.79 Å². The number of hydrogen-bond acceptors (Lipinski definition) is 4. The summed E-state index contributed by atoms with van der Waals surface area (Å²) in [4.78, 5) is 15.0. The molecule has 0 amide bonds. The predicted molar refractivity (Wildman–Crippen MR) is 65.3 cm³/mol. The number of hydrogen-bond donors (Lipinski definition) is 2. The van der Waals surface area contributed by atoms with Crippen LogP contribution in [0.25, 0.3) is 0 Å². The molecule has 0 aliphatic carbocycles. The first kappa shape index (κ1) is 13.3. The second-order valence-electron chi connectivity index (χ2n) is 3.97. The molecule has 0 aliphatic rings. The van der Waals surface area contributed by atoms with Crippen molar-refractivity contribution in [2.45, 2.75) is 39.3 Å². The molecule has 1 unspecified atom stereocenters. The van der Waals surface area contributed by atoms with Gasteiger partial charge in [0.05, 0.1) is 11.8 Å². The molecular formula is C12H18N2O3. The van der Waals surface area contributed by atoms with Crippen molar-refractivity contribution in [1.82, 2.24) is 4.98 Å². The van der Waals surface area contributed by atoms with Crippen LogP contribution in [0.2, 0.25) is 0 Å². The first-order valence-corrected chi connectivity index (χ1v) is 5.65. The molecule has 1 heterocycles. The first-order chi connectivity index (χ1) is 8.04. The molecule has 0 fully saturated rings. The summed E-state index contributed by atoms with van der Waals surface area (Å²) in [5.41, 5.74) is 0.607. The van der Waals surface area contributed by atoms with Crippen molar-refractivity contribution in [1.29, 1.82) is 0 Å². The fraction of sp³-hybridized carbons (Fsp3) is 0.500. The summed E-state index contributed by atoms with van der Waals surface area (Å²) >= 11 is 0. The topological polar surface area (TPSA) is 71.5 Å². The minimum atomic E-state index is -0.883. The fourth-order valence-corrected chi connectivity index (χ4v) is 1.34. The van der Waals surface area contributed by atoms with E-state index in [-0.39, 0.29) is 6.10 Å². The monoisotopic (exact) mass is 238 g/mol. The van der Waals surface area contributed by atoms with Crippen molar-refractivity contribution < 1.29 is 14.6 Å². The first-order valence-electron chi connectivity index (χ1n) is 5.65. The van der Waals surface area contributed by atoms with Gasteiger partial charge in [0.15, 0.2) is 0 Å². The molecule has 1 atom stereocenters. The third-order valence-electron chi connectivity index (χ3n) is 2.15. The lowest BCUT2D eigenvalue weighted by Crippen LogP contribution is -2.28. The maximum atomic E-state index is 10.9. The molecule has 5 heteroatoms. The standard InChI is InChI=1S/C12H18N2O3/c1-4-9(12(15)16)14-10-6-5-7-13-11(10)17-8(2)3/h5-9,14H,4H2,1-3H3,(H,15,16). The van der Waals surface area contributed by atoms with Gasteiger partial charge in [-0.25, -0.2) is 9.78 Å². The molecular weight excluding hydrogens is 220 g/mol. The zero-order valence-corrected chi connectivity index (χ0v) is 10.3. The zero-order valence-electron chi connectivity index (χ0n) is 10.3. The highest BCUT2D eigenvalue weighted by atomic mass is 16.5. The number of nitrogens with zero attached hydrogens (tertiary/aromatic N) is 1. The third-order valence-corrected chi connectivity index (χ3v) is 2.15. The third kappa shape index (κ3) is 3.94. The van der Waals surface area contributed by atoms with Gasteiger partial charge in [0.25, 0.3) is 0 Å². The van der Waals surface area contributed by atoms with E-state index in [1.54, 1.807) is 18.3 Å². The normalized spacial score (nSPS) is 12.2. The smallest absolute Gasteiger partial charge is 0.326 e. The molecule has 1 aromatic heterocycles. The van der Waals surface area contributed by atoms with Crippen LogP contribution in [0.5, 0.6) is 5.88 Å². The van der Waals surface area contributed by atoms with E-state index in [1.807, 2.05) is 20.8 Å². The number of pyridine rings is 1. The summed E-state index contributed by atoms with van der Waals surface area (Å²) < 4.78 is 5.50. The Morgan fingerprint density at radius 1 is 1.59 bits per heavy atom. The van der Waals surface area contributed by atoms with Crippen molar-refractivity contribution in [2.24, 2.45) is 0 Å². The number of ether oxygens (including phenoxy) is 1. The maximum absolute atomic E-state index is 10.9. The maximum Gasteiger partial charge on any atom is 0.326 e. The van der Waals surface area contributed by atoms with Crippen LogP contribution >= 0.6 is 0 Å². The molecule has 94 valence electrons. The highest BCUT2D eigenvalue weighted by molar-refractivity contribution is 5.77. The van der Waals surface area contributed by atoms with E-state index < -0.39 is 12.0 Å². The number of anilines is 1. The second kappa shape index (κ2) is 6.08. The van der Waals surface area contributed by atoms with E-state index in [0.717, 1.165) is 0 Å². The average Bonchev–Trinajstić information content (AvgIpc) is 2.26. The van der Waals surface area contributed by atoms with Crippen molar-refractivity contribution in [2.75, 3.05) is 5.32 Å². The van der Waals surface area contributed by atoms with Gasteiger partial charge < -0.3 is 15.2 Å². The molecule has 0 aliphatic heterocycles.